The molecule has 0 aromatic heterocycles. The first-order valence-electron chi connectivity index (χ1n) is 9.90. The number of nitrogens with one attached hydrogen (secondary N) is 2. The van der Waals surface area contributed by atoms with E-state index in [2.05, 4.69) is 46.0 Å². The Balaban J connectivity index is 0.00000784. The minimum Gasteiger partial charge on any atom is -0.434 e. The van der Waals surface area contributed by atoms with Crippen molar-refractivity contribution >= 4 is 29.9 Å². The van der Waals surface area contributed by atoms with E-state index in [-0.39, 0.29) is 47.9 Å². The van der Waals surface area contributed by atoms with Crippen LogP contribution in [0.15, 0.2) is 23.2 Å². The van der Waals surface area contributed by atoms with Gasteiger partial charge in [-0.1, -0.05) is 19.9 Å². The Kier molecular flexibility index (Phi) is 14.9. The lowest BCUT2D eigenvalue weighted by Gasteiger charge is -2.21. The van der Waals surface area contributed by atoms with Crippen LogP contribution in [0.5, 0.6) is 5.75 Å². The van der Waals surface area contributed by atoms with Crippen LogP contribution in [-0.2, 0) is 6.54 Å². The molecule has 0 spiro atoms. The van der Waals surface area contributed by atoms with Crippen LogP contribution in [0.2, 0.25) is 0 Å². The Labute approximate surface area is 189 Å². The number of halogens is 4. The fourth-order valence-corrected chi connectivity index (χ4v) is 2.84. The van der Waals surface area contributed by atoms with Crippen LogP contribution in [0.1, 0.15) is 46.1 Å². The molecular weight excluding hydrogens is 496 g/mol. The van der Waals surface area contributed by atoms with Crippen LogP contribution in [-0.4, -0.2) is 49.7 Å². The number of benzene rings is 1. The van der Waals surface area contributed by atoms with E-state index < -0.39 is 12.4 Å². The van der Waals surface area contributed by atoms with Gasteiger partial charge >= 0.3 is 6.61 Å². The lowest BCUT2D eigenvalue weighted by molar-refractivity contribution is -0.0506. The Hall–Kier alpha value is -1.23. The van der Waals surface area contributed by atoms with Crippen molar-refractivity contribution in [1.29, 1.82) is 0 Å². The van der Waals surface area contributed by atoms with E-state index in [0.29, 0.717) is 12.5 Å². The zero-order valence-corrected chi connectivity index (χ0v) is 20.0. The molecule has 0 saturated carbocycles. The number of ether oxygens (including phenoxy) is 1. The lowest BCUT2D eigenvalue weighted by atomic mass is 10.1. The Bertz CT molecular complexity index is 601. The topological polar surface area (TPSA) is 48.9 Å². The number of hydrogen-bond acceptors (Lipinski definition) is 3. The molecule has 29 heavy (non-hydrogen) atoms. The van der Waals surface area contributed by atoms with Gasteiger partial charge in [0.25, 0.3) is 0 Å². The van der Waals surface area contributed by atoms with Gasteiger partial charge in [-0.2, -0.15) is 8.78 Å². The monoisotopic (exact) mass is 530 g/mol. The van der Waals surface area contributed by atoms with Gasteiger partial charge in [-0.05, 0) is 58.5 Å². The summed E-state index contributed by atoms with van der Waals surface area (Å²) in [5.41, 5.74) is 0.00851. The normalized spacial score (nSPS) is 12.7. The number of nitrogens with zero attached hydrogens (tertiary/aromatic N) is 2. The first-order valence-corrected chi connectivity index (χ1v) is 9.90. The van der Waals surface area contributed by atoms with Crippen LogP contribution in [0.3, 0.4) is 0 Å². The van der Waals surface area contributed by atoms with Gasteiger partial charge in [-0.3, -0.25) is 0 Å². The number of rotatable bonds is 12. The fraction of sp³-hybridized carbons (Fsp3) is 0.650. The molecule has 2 N–H and O–H groups in total. The van der Waals surface area contributed by atoms with E-state index in [1.807, 2.05) is 6.92 Å². The maximum Gasteiger partial charge on any atom is 0.387 e. The Morgan fingerprint density at radius 3 is 2.48 bits per heavy atom. The summed E-state index contributed by atoms with van der Waals surface area (Å²) in [6, 6.07) is 4.03. The first kappa shape index (κ1) is 27.8. The summed E-state index contributed by atoms with van der Waals surface area (Å²) in [6.45, 7) is 8.91. The molecule has 5 nitrogen and oxygen atoms in total. The number of hydrogen-bond donors (Lipinski definition) is 2. The van der Waals surface area contributed by atoms with Crippen molar-refractivity contribution in [2.75, 3.05) is 26.2 Å². The zero-order chi connectivity index (χ0) is 20.9. The maximum atomic E-state index is 14.1. The van der Waals surface area contributed by atoms with Crippen molar-refractivity contribution in [3.05, 3.63) is 29.6 Å². The quantitative estimate of drug-likeness (QED) is 0.236. The predicted octanol–water partition coefficient (Wildman–Crippen LogP) is 4.61. The summed E-state index contributed by atoms with van der Waals surface area (Å²) in [4.78, 5) is 6.72. The lowest BCUT2D eigenvalue weighted by Crippen LogP contribution is -2.42. The molecule has 9 heteroatoms. The van der Waals surface area contributed by atoms with Gasteiger partial charge in [0.2, 0.25) is 0 Å². The van der Waals surface area contributed by atoms with E-state index in [1.165, 1.54) is 18.2 Å². The SMILES string of the molecule is CCNC(=NCc1c(F)cccc1OC(F)F)NC(C)CCCN(CC)CC.I. The summed E-state index contributed by atoms with van der Waals surface area (Å²) >= 11 is 0. The Morgan fingerprint density at radius 1 is 1.21 bits per heavy atom. The van der Waals surface area contributed by atoms with Gasteiger partial charge in [-0.25, -0.2) is 9.38 Å². The minimum atomic E-state index is -3.01. The van der Waals surface area contributed by atoms with Crippen LogP contribution < -0.4 is 15.4 Å². The average Bonchev–Trinajstić information content (AvgIpc) is 2.64. The average molecular weight is 530 g/mol. The highest BCUT2D eigenvalue weighted by molar-refractivity contribution is 14.0. The van der Waals surface area contributed by atoms with Crippen molar-refractivity contribution in [3.63, 3.8) is 0 Å². The molecule has 0 saturated heterocycles. The van der Waals surface area contributed by atoms with E-state index >= 15 is 0 Å². The van der Waals surface area contributed by atoms with E-state index in [4.69, 9.17) is 0 Å². The smallest absolute Gasteiger partial charge is 0.387 e. The molecule has 0 bridgehead atoms. The minimum absolute atomic E-state index is 0. The summed E-state index contributed by atoms with van der Waals surface area (Å²) in [7, 11) is 0. The summed E-state index contributed by atoms with van der Waals surface area (Å²) in [5.74, 6) is -0.295. The van der Waals surface area contributed by atoms with E-state index in [9.17, 15) is 13.2 Å². The van der Waals surface area contributed by atoms with Crippen molar-refractivity contribution in [2.24, 2.45) is 4.99 Å². The van der Waals surface area contributed by atoms with E-state index in [0.717, 1.165) is 32.5 Å². The Morgan fingerprint density at radius 2 is 1.90 bits per heavy atom. The molecule has 0 aliphatic heterocycles. The van der Waals surface area contributed by atoms with Crippen LogP contribution >= 0.6 is 24.0 Å². The highest BCUT2D eigenvalue weighted by Crippen LogP contribution is 2.24. The van der Waals surface area contributed by atoms with Crippen LogP contribution in [0.4, 0.5) is 13.2 Å². The van der Waals surface area contributed by atoms with Gasteiger partial charge in [0.05, 0.1) is 12.1 Å². The predicted molar refractivity (Wildman–Crippen MR) is 123 cm³/mol. The molecule has 0 amide bonds. The third-order valence-corrected chi connectivity index (χ3v) is 4.42. The van der Waals surface area contributed by atoms with Gasteiger partial charge in [0, 0.05) is 12.6 Å². The molecule has 0 fully saturated rings. The van der Waals surface area contributed by atoms with Crippen molar-refractivity contribution in [3.8, 4) is 5.75 Å². The van der Waals surface area contributed by atoms with Crippen molar-refractivity contribution in [1.82, 2.24) is 15.5 Å². The number of aliphatic imine (C=N–C) groups is 1. The summed E-state index contributed by atoms with van der Waals surface area (Å²) < 4.78 is 43.6. The van der Waals surface area contributed by atoms with Gasteiger partial charge in [-0.15, -0.1) is 24.0 Å². The molecule has 1 atom stereocenters. The van der Waals surface area contributed by atoms with Crippen LogP contribution in [0, 0.1) is 5.82 Å². The standard InChI is InChI=1S/C20H33F3N4O.HI/c1-5-24-20(26-15(4)10-9-13-27(6-2)7-3)25-14-16-17(21)11-8-12-18(16)28-19(22)23;/h8,11-12,15,19H,5-7,9-10,13-14H2,1-4H3,(H2,24,25,26);1H. The van der Waals surface area contributed by atoms with Gasteiger partial charge < -0.3 is 20.3 Å². The highest BCUT2D eigenvalue weighted by atomic mass is 127. The molecule has 1 aromatic carbocycles. The second-order valence-electron chi connectivity index (χ2n) is 6.50. The third kappa shape index (κ3) is 10.9. The second-order valence-corrected chi connectivity index (χ2v) is 6.50. The van der Waals surface area contributed by atoms with Crippen molar-refractivity contribution in [2.45, 2.75) is 59.7 Å². The molecule has 1 aromatic rings. The molecule has 0 heterocycles. The van der Waals surface area contributed by atoms with Gasteiger partial charge in [0.1, 0.15) is 11.6 Å². The number of alkyl halides is 2. The molecular formula is C20H34F3IN4O. The zero-order valence-electron chi connectivity index (χ0n) is 17.7. The fourth-order valence-electron chi connectivity index (χ4n) is 2.84. The molecule has 0 aliphatic carbocycles. The third-order valence-electron chi connectivity index (χ3n) is 4.42. The largest absolute Gasteiger partial charge is 0.434 e. The van der Waals surface area contributed by atoms with Gasteiger partial charge in [0.15, 0.2) is 5.96 Å². The molecule has 1 unspecified atom stereocenters. The summed E-state index contributed by atoms with van der Waals surface area (Å²) in [5, 5.41) is 6.39. The van der Waals surface area contributed by atoms with E-state index in [1.54, 1.807) is 0 Å². The molecule has 1 rings (SSSR count). The molecule has 0 radical (unpaired) electrons. The summed E-state index contributed by atoms with van der Waals surface area (Å²) in [6.07, 6.45) is 2.01. The van der Waals surface area contributed by atoms with Crippen molar-refractivity contribution < 1.29 is 17.9 Å². The highest BCUT2D eigenvalue weighted by Gasteiger charge is 2.14. The second kappa shape index (κ2) is 15.6. The molecule has 168 valence electrons. The maximum absolute atomic E-state index is 14.1. The number of guanidine groups is 1. The first-order chi connectivity index (χ1) is 13.4. The van der Waals surface area contributed by atoms with Crippen LogP contribution in [0.25, 0.3) is 0 Å². The molecule has 0 aliphatic rings.